The Balaban J connectivity index is 0.00000272. The van der Waals surface area contributed by atoms with Gasteiger partial charge in [-0.1, -0.05) is 12.1 Å². The maximum atomic E-state index is 12.7. The lowest BCUT2D eigenvalue weighted by atomic mass is 10.1. The highest BCUT2D eigenvalue weighted by Gasteiger charge is 2.18. The number of aliphatic hydroxyl groups excluding tert-OH is 1. The first kappa shape index (κ1) is 23.6. The summed E-state index contributed by atoms with van der Waals surface area (Å²) in [6, 6.07) is 14.4. The molecule has 0 amide bonds. The van der Waals surface area contributed by atoms with Gasteiger partial charge in [-0.15, -0.1) is 23.7 Å². The van der Waals surface area contributed by atoms with Gasteiger partial charge in [-0.05, 0) is 65.0 Å². The van der Waals surface area contributed by atoms with E-state index in [0.29, 0.717) is 13.1 Å². The zero-order chi connectivity index (χ0) is 21.1. The fourth-order valence-corrected chi connectivity index (χ4v) is 5.40. The minimum Gasteiger partial charge on any atom is -0.387 e. The van der Waals surface area contributed by atoms with Gasteiger partial charge in [-0.2, -0.15) is 0 Å². The summed E-state index contributed by atoms with van der Waals surface area (Å²) < 4.78 is 29.3. The van der Waals surface area contributed by atoms with Crippen LogP contribution in [0, 0.1) is 0 Å². The van der Waals surface area contributed by atoms with E-state index in [9.17, 15) is 13.5 Å². The van der Waals surface area contributed by atoms with E-state index in [1.165, 1.54) is 4.70 Å². The molecule has 0 bridgehead atoms. The Morgan fingerprint density at radius 1 is 1.03 bits per heavy atom. The van der Waals surface area contributed by atoms with E-state index < -0.39 is 16.1 Å². The first-order valence-corrected chi connectivity index (χ1v) is 12.0. The van der Waals surface area contributed by atoms with Crippen LogP contribution in [0.15, 0.2) is 71.2 Å². The van der Waals surface area contributed by atoms with Gasteiger partial charge < -0.3 is 10.4 Å². The number of fused-ring (bicyclic) bond motifs is 2. The van der Waals surface area contributed by atoms with Crippen LogP contribution in [0.3, 0.4) is 0 Å². The second-order valence-electron chi connectivity index (χ2n) is 7.30. The zero-order valence-corrected chi connectivity index (χ0v) is 19.3. The normalized spacial score (nSPS) is 13.7. The van der Waals surface area contributed by atoms with Crippen LogP contribution in [-0.4, -0.2) is 37.6 Å². The summed E-state index contributed by atoms with van der Waals surface area (Å²) in [6.45, 7) is 2.53. The number of nitrogens with one attached hydrogen (secondary N) is 2. The van der Waals surface area contributed by atoms with E-state index in [2.05, 4.69) is 15.0 Å². The van der Waals surface area contributed by atoms with E-state index in [1.54, 1.807) is 54.9 Å². The minimum absolute atomic E-state index is 0. The van der Waals surface area contributed by atoms with E-state index in [4.69, 9.17) is 0 Å². The molecule has 2 aromatic carbocycles. The van der Waals surface area contributed by atoms with E-state index in [0.717, 1.165) is 21.7 Å². The van der Waals surface area contributed by atoms with Crippen molar-refractivity contribution < 1.29 is 13.5 Å². The van der Waals surface area contributed by atoms with Crippen molar-refractivity contribution in [3.8, 4) is 0 Å². The van der Waals surface area contributed by atoms with Gasteiger partial charge in [0, 0.05) is 41.6 Å². The molecule has 0 aliphatic rings. The maximum Gasteiger partial charge on any atom is 0.240 e. The highest BCUT2D eigenvalue weighted by atomic mass is 35.5. The molecule has 0 saturated heterocycles. The van der Waals surface area contributed by atoms with Gasteiger partial charge in [0.2, 0.25) is 10.0 Å². The predicted octanol–water partition coefficient (Wildman–Crippen LogP) is 3.86. The van der Waals surface area contributed by atoms with Crippen molar-refractivity contribution in [3.63, 3.8) is 0 Å². The standard InChI is InChI=1S/C22H23N3O3S2.ClH/c1-15(12-24-14-21(26)17-3-5-22-18(10-17)7-9-29-22)25-30(27,28)20-4-2-19-13-23-8-6-16(19)11-20;/h2-11,13,15,21,24-26H,12,14H2,1H3;1H/t15-,21?;/m1./s1. The molecule has 9 heteroatoms. The highest BCUT2D eigenvalue weighted by molar-refractivity contribution is 7.89. The Labute approximate surface area is 191 Å². The number of thiophene rings is 1. The first-order chi connectivity index (χ1) is 14.4. The predicted molar refractivity (Wildman–Crippen MR) is 128 cm³/mol. The van der Waals surface area contributed by atoms with Crippen molar-refractivity contribution in [2.75, 3.05) is 13.1 Å². The molecule has 2 aromatic heterocycles. The Morgan fingerprint density at radius 2 is 1.87 bits per heavy atom. The number of aliphatic hydroxyl groups is 1. The Hall–Kier alpha value is -2.07. The highest BCUT2D eigenvalue weighted by Crippen LogP contribution is 2.24. The lowest BCUT2D eigenvalue weighted by Gasteiger charge is -2.17. The van der Waals surface area contributed by atoms with Gasteiger partial charge in [0.05, 0.1) is 11.0 Å². The molecule has 4 rings (SSSR count). The number of hydrogen-bond donors (Lipinski definition) is 3. The molecule has 1 unspecified atom stereocenters. The van der Waals surface area contributed by atoms with E-state index in [1.807, 2.05) is 29.6 Å². The number of sulfonamides is 1. The Bertz CT molecular complexity index is 1280. The molecule has 0 aliphatic heterocycles. The third-order valence-corrected chi connectivity index (χ3v) is 7.41. The number of pyridine rings is 1. The van der Waals surface area contributed by atoms with Crippen molar-refractivity contribution in [3.05, 3.63) is 71.9 Å². The molecule has 0 radical (unpaired) electrons. The maximum absolute atomic E-state index is 12.7. The summed E-state index contributed by atoms with van der Waals surface area (Å²) in [5.41, 5.74) is 0.840. The molecule has 0 fully saturated rings. The van der Waals surface area contributed by atoms with E-state index in [-0.39, 0.29) is 23.3 Å². The minimum atomic E-state index is -3.64. The molecule has 164 valence electrons. The summed E-state index contributed by atoms with van der Waals surface area (Å²) in [7, 11) is -3.64. The SMILES string of the molecule is C[C@H](CNCC(O)c1ccc2sccc2c1)NS(=O)(=O)c1ccc2cnccc2c1.Cl. The molecule has 3 N–H and O–H groups in total. The topological polar surface area (TPSA) is 91.3 Å². The van der Waals surface area contributed by atoms with Crippen LogP contribution in [0.25, 0.3) is 20.9 Å². The van der Waals surface area contributed by atoms with Crippen molar-refractivity contribution >= 4 is 54.6 Å². The zero-order valence-electron chi connectivity index (χ0n) is 16.9. The molecule has 4 aromatic rings. The Morgan fingerprint density at radius 3 is 2.71 bits per heavy atom. The van der Waals surface area contributed by atoms with Gasteiger partial charge in [0.1, 0.15) is 0 Å². The van der Waals surface area contributed by atoms with Crippen LogP contribution in [0.2, 0.25) is 0 Å². The molecule has 0 spiro atoms. The second kappa shape index (κ2) is 10.0. The fourth-order valence-electron chi connectivity index (χ4n) is 3.35. The molecule has 0 aliphatic carbocycles. The molecular weight excluding hydrogens is 454 g/mol. The summed E-state index contributed by atoms with van der Waals surface area (Å²) in [5, 5.41) is 18.4. The van der Waals surface area contributed by atoms with Gasteiger partial charge in [0.15, 0.2) is 0 Å². The molecule has 31 heavy (non-hydrogen) atoms. The van der Waals surface area contributed by atoms with Crippen molar-refractivity contribution in [2.24, 2.45) is 0 Å². The summed E-state index contributed by atoms with van der Waals surface area (Å²) in [6.07, 6.45) is 2.68. The van der Waals surface area contributed by atoms with Gasteiger partial charge >= 0.3 is 0 Å². The fraction of sp³-hybridized carbons (Fsp3) is 0.227. The largest absolute Gasteiger partial charge is 0.387 e. The smallest absolute Gasteiger partial charge is 0.240 e. The molecule has 2 heterocycles. The van der Waals surface area contributed by atoms with Crippen molar-refractivity contribution in [2.45, 2.75) is 24.0 Å². The first-order valence-electron chi connectivity index (χ1n) is 9.64. The third-order valence-electron chi connectivity index (χ3n) is 4.93. The van der Waals surface area contributed by atoms with Gasteiger partial charge in [0.25, 0.3) is 0 Å². The van der Waals surface area contributed by atoms with Crippen LogP contribution in [0.1, 0.15) is 18.6 Å². The van der Waals surface area contributed by atoms with Crippen molar-refractivity contribution in [1.29, 1.82) is 0 Å². The number of aromatic nitrogens is 1. The van der Waals surface area contributed by atoms with Gasteiger partial charge in [-0.3, -0.25) is 4.98 Å². The second-order valence-corrected chi connectivity index (χ2v) is 9.96. The van der Waals surface area contributed by atoms with E-state index >= 15 is 0 Å². The third kappa shape index (κ3) is 5.60. The van der Waals surface area contributed by atoms with Crippen LogP contribution in [0.5, 0.6) is 0 Å². The number of nitrogens with zero attached hydrogens (tertiary/aromatic N) is 1. The average Bonchev–Trinajstić information content (AvgIpc) is 3.20. The molecule has 0 saturated carbocycles. The van der Waals surface area contributed by atoms with Crippen LogP contribution >= 0.6 is 23.7 Å². The van der Waals surface area contributed by atoms with Crippen molar-refractivity contribution in [1.82, 2.24) is 15.0 Å². The number of hydrogen-bond acceptors (Lipinski definition) is 6. The quantitative estimate of drug-likeness (QED) is 0.358. The molecule has 2 atom stereocenters. The van der Waals surface area contributed by atoms with Crippen LogP contribution in [0.4, 0.5) is 0 Å². The van der Waals surface area contributed by atoms with Crippen LogP contribution < -0.4 is 10.0 Å². The molecule has 6 nitrogen and oxygen atoms in total. The average molecular weight is 478 g/mol. The lowest BCUT2D eigenvalue weighted by Crippen LogP contribution is -2.40. The summed E-state index contributed by atoms with van der Waals surface area (Å²) >= 11 is 1.67. The summed E-state index contributed by atoms with van der Waals surface area (Å²) in [5.74, 6) is 0. The lowest BCUT2D eigenvalue weighted by molar-refractivity contribution is 0.174. The number of halogens is 1. The van der Waals surface area contributed by atoms with Crippen LogP contribution in [-0.2, 0) is 10.0 Å². The summed E-state index contributed by atoms with van der Waals surface area (Å²) in [4.78, 5) is 4.26. The number of rotatable bonds is 8. The van der Waals surface area contributed by atoms with Gasteiger partial charge in [-0.25, -0.2) is 13.1 Å². The monoisotopic (exact) mass is 477 g/mol. The molecular formula is C22H24ClN3O3S2. The Kier molecular flexibility index (Phi) is 7.64. The number of benzene rings is 2.